The fourth-order valence-corrected chi connectivity index (χ4v) is 4.08. The van der Waals surface area contributed by atoms with Crippen molar-refractivity contribution in [3.63, 3.8) is 0 Å². The summed E-state index contributed by atoms with van der Waals surface area (Å²) < 4.78 is 0. The van der Waals surface area contributed by atoms with Crippen LogP contribution in [-0.4, -0.2) is 34.9 Å². The van der Waals surface area contributed by atoms with E-state index in [2.05, 4.69) is 25.9 Å². The summed E-state index contributed by atoms with van der Waals surface area (Å²) in [6.45, 7) is 4.95. The average Bonchev–Trinajstić information content (AvgIpc) is 3.23. The van der Waals surface area contributed by atoms with Gasteiger partial charge in [0.1, 0.15) is 0 Å². The molecular formula is C15H19N5O2S2. The highest BCUT2D eigenvalue weighted by atomic mass is 32.1. The van der Waals surface area contributed by atoms with E-state index in [1.54, 1.807) is 0 Å². The monoisotopic (exact) mass is 365 g/mol. The van der Waals surface area contributed by atoms with Gasteiger partial charge in [0, 0.05) is 23.7 Å². The molecule has 3 heterocycles. The molecule has 1 unspecified atom stereocenters. The van der Waals surface area contributed by atoms with Gasteiger partial charge in [0.15, 0.2) is 10.3 Å². The summed E-state index contributed by atoms with van der Waals surface area (Å²) in [5.41, 5.74) is 0.978. The van der Waals surface area contributed by atoms with E-state index in [0.717, 1.165) is 11.4 Å². The van der Waals surface area contributed by atoms with E-state index < -0.39 is 5.41 Å². The van der Waals surface area contributed by atoms with Crippen LogP contribution in [0.2, 0.25) is 0 Å². The zero-order valence-corrected chi connectivity index (χ0v) is 15.1. The lowest BCUT2D eigenvalue weighted by Gasteiger charge is -2.25. The maximum Gasteiger partial charge on any atom is 0.234 e. The summed E-state index contributed by atoms with van der Waals surface area (Å²) in [6.07, 6.45) is 0.738. The lowest BCUT2D eigenvalue weighted by atomic mass is 9.82. The van der Waals surface area contributed by atoms with Crippen LogP contribution < -0.4 is 16.0 Å². The summed E-state index contributed by atoms with van der Waals surface area (Å²) in [5, 5.41) is 13.7. The minimum atomic E-state index is -0.754. The number of rotatable bonds is 5. The Hall–Kier alpha value is -1.84. The van der Waals surface area contributed by atoms with Gasteiger partial charge in [-0.2, -0.15) is 0 Å². The first-order chi connectivity index (χ1) is 11.5. The van der Waals surface area contributed by atoms with Crippen LogP contribution in [0.4, 0.5) is 10.3 Å². The molecule has 9 heteroatoms. The van der Waals surface area contributed by atoms with Crippen molar-refractivity contribution in [2.75, 3.05) is 23.7 Å². The maximum absolute atomic E-state index is 12.8. The molecule has 3 rings (SSSR count). The Morgan fingerprint density at radius 1 is 1.17 bits per heavy atom. The van der Waals surface area contributed by atoms with Gasteiger partial charge >= 0.3 is 0 Å². The van der Waals surface area contributed by atoms with Crippen LogP contribution in [0.15, 0.2) is 10.8 Å². The molecule has 0 aromatic carbocycles. The molecule has 1 atom stereocenters. The molecule has 0 aliphatic carbocycles. The number of hydrogen-bond acceptors (Lipinski definition) is 7. The van der Waals surface area contributed by atoms with Crippen molar-refractivity contribution in [1.82, 2.24) is 15.3 Å². The second kappa shape index (κ2) is 6.96. The Morgan fingerprint density at radius 3 is 2.29 bits per heavy atom. The molecule has 0 spiro atoms. The first-order valence-electron chi connectivity index (χ1n) is 7.63. The van der Waals surface area contributed by atoms with Crippen LogP contribution in [0.1, 0.15) is 24.2 Å². The molecule has 3 N–H and O–H groups in total. The maximum atomic E-state index is 12.8. The Bertz CT molecular complexity index is 749. The lowest BCUT2D eigenvalue weighted by Crippen LogP contribution is -2.41. The Labute approximate surface area is 147 Å². The van der Waals surface area contributed by atoms with Crippen LogP contribution in [-0.2, 0) is 9.59 Å². The quantitative estimate of drug-likeness (QED) is 0.755. The molecule has 0 saturated carbocycles. The number of nitrogens with one attached hydrogen (secondary N) is 3. The molecule has 1 fully saturated rings. The molecule has 2 aromatic rings. The number of thiazole rings is 2. The molecular weight excluding hydrogens is 346 g/mol. The van der Waals surface area contributed by atoms with Gasteiger partial charge in [0.05, 0.1) is 16.8 Å². The second-order valence-electron chi connectivity index (χ2n) is 5.97. The van der Waals surface area contributed by atoms with Gasteiger partial charge in [-0.05, 0) is 26.8 Å². The SMILES string of the molecule is Cc1csc(NC(=O)CC2(C(=O)Nc3nc(C)cs3)CCNC2)n1. The van der Waals surface area contributed by atoms with Crippen LogP contribution >= 0.6 is 22.7 Å². The minimum absolute atomic E-state index is 0.120. The highest BCUT2D eigenvalue weighted by Gasteiger charge is 2.43. The molecule has 0 radical (unpaired) electrons. The van der Waals surface area contributed by atoms with Crippen molar-refractivity contribution in [1.29, 1.82) is 0 Å². The fourth-order valence-electron chi connectivity index (χ4n) is 2.69. The van der Waals surface area contributed by atoms with Gasteiger partial charge in [-0.25, -0.2) is 9.97 Å². The lowest BCUT2D eigenvalue weighted by molar-refractivity contribution is -0.129. The topological polar surface area (TPSA) is 96.0 Å². The number of carbonyl (C=O) groups excluding carboxylic acids is 2. The van der Waals surface area contributed by atoms with E-state index in [-0.39, 0.29) is 18.2 Å². The Morgan fingerprint density at radius 2 is 1.79 bits per heavy atom. The van der Waals surface area contributed by atoms with Gasteiger partial charge in [0.25, 0.3) is 0 Å². The van der Waals surface area contributed by atoms with Crippen LogP contribution in [0, 0.1) is 19.3 Å². The van der Waals surface area contributed by atoms with Crippen LogP contribution in [0.5, 0.6) is 0 Å². The summed E-state index contributed by atoms with van der Waals surface area (Å²) in [6, 6.07) is 0. The number of aryl methyl sites for hydroxylation is 2. The van der Waals surface area contributed by atoms with Crippen molar-refractivity contribution in [2.45, 2.75) is 26.7 Å². The molecule has 128 valence electrons. The van der Waals surface area contributed by atoms with Crippen molar-refractivity contribution in [3.8, 4) is 0 Å². The predicted molar refractivity (Wildman–Crippen MR) is 95.5 cm³/mol. The molecule has 2 amide bonds. The number of carbonyl (C=O) groups is 2. The van der Waals surface area contributed by atoms with Gasteiger partial charge in [0.2, 0.25) is 11.8 Å². The Kier molecular flexibility index (Phi) is 4.93. The van der Waals surface area contributed by atoms with E-state index in [1.807, 2.05) is 24.6 Å². The number of amides is 2. The molecule has 24 heavy (non-hydrogen) atoms. The smallest absolute Gasteiger partial charge is 0.234 e. The normalized spacial score (nSPS) is 20.1. The standard InChI is InChI=1S/C15H19N5O2S2/c1-9-6-23-13(17-9)19-11(21)5-15(3-4-16-8-15)12(22)20-14-18-10(2)7-24-14/h6-7,16H,3-5,8H2,1-2H3,(H,17,19,21)(H,18,20,22). The minimum Gasteiger partial charge on any atom is -0.316 e. The first-order valence-corrected chi connectivity index (χ1v) is 9.39. The van der Waals surface area contributed by atoms with E-state index in [4.69, 9.17) is 0 Å². The molecule has 0 bridgehead atoms. The number of nitrogens with zero attached hydrogens (tertiary/aromatic N) is 2. The van der Waals surface area contributed by atoms with Crippen LogP contribution in [0.3, 0.4) is 0 Å². The predicted octanol–water partition coefficient (Wildman–Crippen LogP) is 2.16. The summed E-state index contributed by atoms with van der Waals surface area (Å²) in [4.78, 5) is 33.6. The van der Waals surface area contributed by atoms with Crippen LogP contribution in [0.25, 0.3) is 0 Å². The zero-order chi connectivity index (χ0) is 17.2. The van der Waals surface area contributed by atoms with Gasteiger partial charge < -0.3 is 16.0 Å². The number of hydrogen-bond donors (Lipinski definition) is 3. The second-order valence-corrected chi connectivity index (χ2v) is 7.69. The molecule has 1 aliphatic rings. The highest BCUT2D eigenvalue weighted by Crippen LogP contribution is 2.32. The van der Waals surface area contributed by atoms with E-state index in [0.29, 0.717) is 29.8 Å². The van der Waals surface area contributed by atoms with Gasteiger partial charge in [-0.15, -0.1) is 22.7 Å². The third kappa shape index (κ3) is 3.80. The van der Waals surface area contributed by atoms with Gasteiger partial charge in [-0.3, -0.25) is 9.59 Å². The van der Waals surface area contributed by atoms with Crippen molar-refractivity contribution in [2.24, 2.45) is 5.41 Å². The molecule has 7 nitrogen and oxygen atoms in total. The highest BCUT2D eigenvalue weighted by molar-refractivity contribution is 7.14. The number of anilines is 2. The molecule has 1 aliphatic heterocycles. The number of aromatic nitrogens is 2. The molecule has 1 saturated heterocycles. The van der Waals surface area contributed by atoms with E-state index in [1.165, 1.54) is 22.7 Å². The van der Waals surface area contributed by atoms with Crippen molar-refractivity contribution in [3.05, 3.63) is 22.1 Å². The summed E-state index contributed by atoms with van der Waals surface area (Å²) in [7, 11) is 0. The largest absolute Gasteiger partial charge is 0.316 e. The summed E-state index contributed by atoms with van der Waals surface area (Å²) >= 11 is 2.77. The zero-order valence-electron chi connectivity index (χ0n) is 13.5. The van der Waals surface area contributed by atoms with Crippen molar-refractivity contribution < 1.29 is 9.59 Å². The fraction of sp³-hybridized carbons (Fsp3) is 0.467. The Balaban J connectivity index is 1.68. The third-order valence-corrected chi connectivity index (χ3v) is 5.68. The van der Waals surface area contributed by atoms with E-state index in [9.17, 15) is 9.59 Å². The van der Waals surface area contributed by atoms with E-state index >= 15 is 0 Å². The molecule has 2 aromatic heterocycles. The average molecular weight is 365 g/mol. The van der Waals surface area contributed by atoms with Gasteiger partial charge in [-0.1, -0.05) is 0 Å². The van der Waals surface area contributed by atoms with Crippen molar-refractivity contribution >= 4 is 44.8 Å². The summed E-state index contributed by atoms with van der Waals surface area (Å²) in [5.74, 6) is -0.356. The first kappa shape index (κ1) is 17.0. The third-order valence-electron chi connectivity index (χ3n) is 3.93.